The minimum absolute atomic E-state index is 0.267. The molecule has 4 rings (SSSR count). The van der Waals surface area contributed by atoms with E-state index in [-0.39, 0.29) is 11.7 Å². The van der Waals surface area contributed by atoms with Crippen LogP contribution in [-0.2, 0) is 4.79 Å². The fourth-order valence-corrected chi connectivity index (χ4v) is 3.82. The van der Waals surface area contributed by atoms with Crippen molar-refractivity contribution in [3.8, 4) is 0 Å². The molecule has 3 atom stereocenters. The van der Waals surface area contributed by atoms with Gasteiger partial charge in [0.05, 0.1) is 0 Å². The third kappa shape index (κ3) is 1.98. The maximum atomic E-state index is 14.1. The third-order valence-corrected chi connectivity index (χ3v) is 5.47. The van der Waals surface area contributed by atoms with Gasteiger partial charge >= 0.3 is 0 Å². The number of β-lactam (4-membered cyclic amide) rings is 1. The van der Waals surface area contributed by atoms with Gasteiger partial charge in [-0.15, -0.1) is 0 Å². The van der Waals surface area contributed by atoms with E-state index in [9.17, 15) is 14.0 Å². The number of carbonyl (C=O) groups is 2. The number of alkyl halides is 1. The van der Waals surface area contributed by atoms with Crippen LogP contribution in [0.15, 0.2) is 46.9 Å². The van der Waals surface area contributed by atoms with E-state index in [0.717, 1.165) is 16.4 Å². The van der Waals surface area contributed by atoms with Crippen LogP contribution in [-0.4, -0.2) is 35.9 Å². The normalized spacial score (nSPS) is 24.6. The average molecular weight is 339 g/mol. The van der Waals surface area contributed by atoms with Gasteiger partial charge in [-0.3, -0.25) is 9.59 Å². The Bertz CT molecular complexity index is 1020. The van der Waals surface area contributed by atoms with Crippen molar-refractivity contribution in [2.75, 3.05) is 7.05 Å². The minimum atomic E-state index is -1.40. The van der Waals surface area contributed by atoms with Gasteiger partial charge in [0.2, 0.25) is 5.91 Å². The summed E-state index contributed by atoms with van der Waals surface area (Å²) in [6.07, 6.45) is -1.40. The first-order valence-corrected chi connectivity index (χ1v) is 8.22. The van der Waals surface area contributed by atoms with Crippen molar-refractivity contribution in [1.29, 1.82) is 0 Å². The molecule has 128 valence electrons. The van der Waals surface area contributed by atoms with Crippen molar-refractivity contribution >= 4 is 33.6 Å². The Morgan fingerprint density at radius 2 is 1.88 bits per heavy atom. The molecule has 2 unspecified atom stereocenters. The lowest BCUT2D eigenvalue weighted by molar-refractivity contribution is -0.169. The van der Waals surface area contributed by atoms with Crippen molar-refractivity contribution in [2.24, 2.45) is 5.41 Å². The van der Waals surface area contributed by atoms with Gasteiger partial charge in [0.15, 0.2) is 5.78 Å². The quantitative estimate of drug-likeness (QED) is 0.536. The molecule has 1 fully saturated rings. The summed E-state index contributed by atoms with van der Waals surface area (Å²) in [5.74, 6) is -0.609. The molecular formula is C20H18FNO3. The number of likely N-dealkylation sites (N-methyl/N-ethyl adjacent to an activating group) is 1. The van der Waals surface area contributed by atoms with E-state index in [2.05, 4.69) is 0 Å². The molecule has 1 amide bonds. The molecule has 2 heterocycles. The summed E-state index contributed by atoms with van der Waals surface area (Å²) in [5, 5.41) is 1.90. The molecule has 4 nitrogen and oxygen atoms in total. The predicted octanol–water partition coefficient (Wildman–Crippen LogP) is 3.97. The Morgan fingerprint density at radius 1 is 1.20 bits per heavy atom. The Hall–Kier alpha value is -2.69. The average Bonchev–Trinajstić information content (AvgIpc) is 2.98. The van der Waals surface area contributed by atoms with Gasteiger partial charge in [-0.05, 0) is 32.0 Å². The molecule has 5 heteroatoms. The molecule has 25 heavy (non-hydrogen) atoms. The van der Waals surface area contributed by atoms with Crippen molar-refractivity contribution < 1.29 is 18.4 Å². The van der Waals surface area contributed by atoms with E-state index < -0.39 is 17.6 Å². The van der Waals surface area contributed by atoms with E-state index in [1.165, 1.54) is 25.8 Å². The molecular weight excluding hydrogens is 321 g/mol. The molecule has 1 aliphatic heterocycles. The highest BCUT2D eigenvalue weighted by Crippen LogP contribution is 2.44. The zero-order chi connectivity index (χ0) is 17.9. The molecule has 0 N–H and O–H groups in total. The number of nitrogens with zero attached hydrogens (tertiary/aromatic N) is 1. The number of amides is 1. The smallest absolute Gasteiger partial charge is 0.234 e. The van der Waals surface area contributed by atoms with Crippen LogP contribution in [0.5, 0.6) is 0 Å². The molecule has 1 aliphatic rings. The first-order chi connectivity index (χ1) is 11.9. The second-order valence-corrected chi connectivity index (χ2v) is 6.89. The number of rotatable bonds is 3. The second-order valence-electron chi connectivity index (χ2n) is 6.89. The lowest BCUT2D eigenvalue weighted by Crippen LogP contribution is -2.72. The van der Waals surface area contributed by atoms with Crippen LogP contribution >= 0.6 is 0 Å². The van der Waals surface area contributed by atoms with Crippen LogP contribution < -0.4 is 0 Å². The third-order valence-electron chi connectivity index (χ3n) is 5.47. The number of benzene rings is 2. The van der Waals surface area contributed by atoms with Crippen LogP contribution in [0, 0.1) is 5.41 Å². The van der Waals surface area contributed by atoms with Gasteiger partial charge in [-0.2, -0.15) is 0 Å². The van der Waals surface area contributed by atoms with E-state index >= 15 is 0 Å². The van der Waals surface area contributed by atoms with Crippen LogP contribution in [0.2, 0.25) is 0 Å². The summed E-state index contributed by atoms with van der Waals surface area (Å²) in [6.45, 7) is 2.84. The fourth-order valence-electron chi connectivity index (χ4n) is 3.82. The molecule has 0 bridgehead atoms. The SMILES string of the molecule is C[C@@H](F)C1(C)C(=O)N(C)C1C(=O)c1ccc2c(c1)oc1ccccc12. The number of hydrogen-bond donors (Lipinski definition) is 0. The molecule has 0 aliphatic carbocycles. The largest absolute Gasteiger partial charge is 0.456 e. The van der Waals surface area contributed by atoms with Crippen LogP contribution in [0.1, 0.15) is 24.2 Å². The molecule has 0 spiro atoms. The monoisotopic (exact) mass is 339 g/mol. The van der Waals surface area contributed by atoms with Crippen molar-refractivity contribution in [3.05, 3.63) is 48.0 Å². The van der Waals surface area contributed by atoms with Crippen LogP contribution in [0.4, 0.5) is 4.39 Å². The van der Waals surface area contributed by atoms with Crippen molar-refractivity contribution in [2.45, 2.75) is 26.1 Å². The number of halogens is 1. The van der Waals surface area contributed by atoms with Crippen LogP contribution in [0.3, 0.4) is 0 Å². The number of carbonyl (C=O) groups excluding carboxylic acids is 2. The Balaban J connectivity index is 1.78. The lowest BCUT2D eigenvalue weighted by atomic mass is 9.67. The van der Waals surface area contributed by atoms with Crippen molar-refractivity contribution in [1.82, 2.24) is 4.90 Å². The molecule has 2 aromatic carbocycles. The second kappa shape index (κ2) is 5.15. The molecule has 1 aromatic heterocycles. The highest BCUT2D eigenvalue weighted by Gasteiger charge is 2.62. The summed E-state index contributed by atoms with van der Waals surface area (Å²) in [5.41, 5.74) is 0.465. The summed E-state index contributed by atoms with van der Waals surface area (Å²) in [7, 11) is 1.54. The maximum absolute atomic E-state index is 14.1. The highest BCUT2D eigenvalue weighted by atomic mass is 19.1. The molecule has 1 saturated heterocycles. The highest BCUT2D eigenvalue weighted by molar-refractivity contribution is 6.13. The van der Waals surface area contributed by atoms with Crippen molar-refractivity contribution in [3.63, 3.8) is 0 Å². The molecule has 3 aromatic rings. The van der Waals surface area contributed by atoms with E-state index in [1.807, 2.05) is 30.3 Å². The Morgan fingerprint density at radius 3 is 2.60 bits per heavy atom. The van der Waals surface area contributed by atoms with E-state index in [1.54, 1.807) is 12.1 Å². The fraction of sp³-hybridized carbons (Fsp3) is 0.300. The van der Waals surface area contributed by atoms with Gasteiger partial charge in [-0.1, -0.05) is 24.3 Å². The minimum Gasteiger partial charge on any atom is -0.456 e. The molecule has 0 saturated carbocycles. The predicted molar refractivity (Wildman–Crippen MR) is 93.3 cm³/mol. The number of para-hydroxylation sites is 1. The summed E-state index contributed by atoms with van der Waals surface area (Å²) < 4.78 is 19.9. The van der Waals surface area contributed by atoms with Gasteiger partial charge in [0.1, 0.15) is 28.8 Å². The number of likely N-dealkylation sites (tertiary alicyclic amines) is 1. The number of fused-ring (bicyclic) bond motifs is 3. The van der Waals surface area contributed by atoms with E-state index in [4.69, 9.17) is 4.42 Å². The number of hydrogen-bond acceptors (Lipinski definition) is 3. The van der Waals surface area contributed by atoms with Gasteiger partial charge in [0.25, 0.3) is 0 Å². The first kappa shape index (κ1) is 15.8. The number of furan rings is 1. The zero-order valence-electron chi connectivity index (χ0n) is 14.2. The standard InChI is InChI=1S/C20H18FNO3/c1-11(21)20(2)18(22(3)19(20)24)17(23)12-8-9-14-13-6-4-5-7-15(13)25-16(14)10-12/h4-11,18H,1-3H3/t11-,18?,20?/m1/s1. The summed E-state index contributed by atoms with van der Waals surface area (Å²) >= 11 is 0. The maximum Gasteiger partial charge on any atom is 0.234 e. The van der Waals surface area contributed by atoms with Gasteiger partial charge in [0, 0.05) is 23.4 Å². The van der Waals surface area contributed by atoms with Gasteiger partial charge < -0.3 is 9.32 Å². The Kier molecular flexibility index (Phi) is 3.26. The van der Waals surface area contributed by atoms with E-state index in [0.29, 0.717) is 11.1 Å². The topological polar surface area (TPSA) is 50.5 Å². The lowest BCUT2D eigenvalue weighted by Gasteiger charge is -2.52. The molecule has 0 radical (unpaired) electrons. The summed E-state index contributed by atoms with van der Waals surface area (Å²) in [4.78, 5) is 26.4. The summed E-state index contributed by atoms with van der Waals surface area (Å²) in [6, 6.07) is 12.1. The Labute approximate surface area is 144 Å². The van der Waals surface area contributed by atoms with Gasteiger partial charge in [-0.25, -0.2) is 4.39 Å². The first-order valence-electron chi connectivity index (χ1n) is 8.22. The zero-order valence-corrected chi connectivity index (χ0v) is 14.2. The number of Topliss-reactive ketones (excluding diaryl/α,β-unsaturated/α-hetero) is 1. The number of ketones is 1. The van der Waals surface area contributed by atoms with Crippen LogP contribution in [0.25, 0.3) is 21.9 Å².